The van der Waals surface area contributed by atoms with Gasteiger partial charge >= 0.3 is 0 Å². The number of hydrogen-bond acceptors (Lipinski definition) is 2. The van der Waals surface area contributed by atoms with Crippen molar-refractivity contribution in [3.63, 3.8) is 0 Å². The van der Waals surface area contributed by atoms with E-state index in [0.717, 1.165) is 24.9 Å². The van der Waals surface area contributed by atoms with Crippen LogP contribution in [0.3, 0.4) is 0 Å². The van der Waals surface area contributed by atoms with Gasteiger partial charge in [-0.1, -0.05) is 82.9 Å². The molecule has 4 heteroatoms. The molecule has 0 aliphatic rings. The monoisotopic (exact) mass is 431 g/mol. The lowest BCUT2D eigenvalue weighted by Gasteiger charge is -2.16. The van der Waals surface area contributed by atoms with Gasteiger partial charge in [0.15, 0.2) is 0 Å². The third kappa shape index (κ3) is 6.32. The number of imidazole rings is 1. The zero-order chi connectivity index (χ0) is 22.8. The molecule has 0 fully saturated rings. The van der Waals surface area contributed by atoms with E-state index in [9.17, 15) is 4.79 Å². The number of aryl methyl sites for hydroxylation is 1. The predicted molar refractivity (Wildman–Crippen MR) is 133 cm³/mol. The van der Waals surface area contributed by atoms with Crippen LogP contribution in [0, 0.1) is 5.92 Å². The minimum Gasteiger partial charge on any atom is -0.350 e. The summed E-state index contributed by atoms with van der Waals surface area (Å²) in [6.07, 6.45) is 11.6. The SMILES string of the molecule is CCCCc1ccc(-c2ccc(-n3cncc3C(=O)NC[C@@H](CC)CCCC)cc2)cc1. The van der Waals surface area contributed by atoms with Gasteiger partial charge in [0.2, 0.25) is 0 Å². The topological polar surface area (TPSA) is 46.9 Å². The molecule has 0 spiro atoms. The first-order valence-corrected chi connectivity index (χ1v) is 12.2. The number of aromatic nitrogens is 2. The number of benzene rings is 2. The molecule has 3 rings (SSSR count). The van der Waals surface area contributed by atoms with Crippen molar-refractivity contribution in [3.8, 4) is 16.8 Å². The van der Waals surface area contributed by atoms with Crippen LogP contribution in [0.25, 0.3) is 16.8 Å². The maximum absolute atomic E-state index is 12.8. The number of nitrogens with zero attached hydrogens (tertiary/aromatic N) is 2. The molecule has 0 saturated carbocycles. The lowest BCUT2D eigenvalue weighted by Crippen LogP contribution is -2.30. The highest BCUT2D eigenvalue weighted by Gasteiger charge is 2.15. The van der Waals surface area contributed by atoms with Gasteiger partial charge in [-0.2, -0.15) is 0 Å². The van der Waals surface area contributed by atoms with E-state index in [4.69, 9.17) is 0 Å². The Morgan fingerprint density at radius 1 is 0.938 bits per heavy atom. The van der Waals surface area contributed by atoms with Crippen LogP contribution in [0.2, 0.25) is 0 Å². The molecule has 1 N–H and O–H groups in total. The van der Waals surface area contributed by atoms with Crippen molar-refractivity contribution in [1.82, 2.24) is 14.9 Å². The van der Waals surface area contributed by atoms with E-state index in [1.807, 2.05) is 4.57 Å². The number of carbonyl (C=O) groups excluding carboxylic acids is 1. The summed E-state index contributed by atoms with van der Waals surface area (Å²) in [4.78, 5) is 17.1. The Morgan fingerprint density at radius 2 is 1.59 bits per heavy atom. The summed E-state index contributed by atoms with van der Waals surface area (Å²) in [5.41, 5.74) is 5.28. The van der Waals surface area contributed by atoms with Crippen LogP contribution in [0.5, 0.6) is 0 Å². The molecule has 0 unspecified atom stereocenters. The van der Waals surface area contributed by atoms with Gasteiger partial charge in [-0.15, -0.1) is 0 Å². The van der Waals surface area contributed by atoms with Crippen LogP contribution in [-0.4, -0.2) is 22.0 Å². The standard InChI is InChI=1S/C28H37N3O/c1-4-7-9-22(6-3)19-30-28(32)27-20-29-21-31(27)26-17-15-25(16-18-26)24-13-11-23(12-14-24)10-8-5-2/h11-18,20-22H,4-10,19H2,1-3H3,(H,30,32)/t22-/m0/s1. The van der Waals surface area contributed by atoms with Crippen LogP contribution >= 0.6 is 0 Å². The van der Waals surface area contributed by atoms with Gasteiger partial charge in [0, 0.05) is 12.2 Å². The van der Waals surface area contributed by atoms with Gasteiger partial charge in [0.1, 0.15) is 5.69 Å². The smallest absolute Gasteiger partial charge is 0.269 e. The van der Waals surface area contributed by atoms with E-state index >= 15 is 0 Å². The highest BCUT2D eigenvalue weighted by molar-refractivity contribution is 5.93. The maximum atomic E-state index is 12.8. The fraction of sp³-hybridized carbons (Fsp3) is 0.429. The predicted octanol–water partition coefficient (Wildman–Crippen LogP) is 6.83. The molecule has 1 heterocycles. The van der Waals surface area contributed by atoms with Crippen LogP contribution < -0.4 is 5.32 Å². The van der Waals surface area contributed by atoms with E-state index in [-0.39, 0.29) is 5.91 Å². The molecule has 170 valence electrons. The summed E-state index contributed by atoms with van der Waals surface area (Å²) in [6.45, 7) is 7.34. The van der Waals surface area contributed by atoms with Crippen LogP contribution in [0.15, 0.2) is 61.1 Å². The zero-order valence-corrected chi connectivity index (χ0v) is 19.8. The Bertz CT molecular complexity index is 957. The number of amides is 1. The fourth-order valence-electron chi connectivity index (χ4n) is 4.00. The van der Waals surface area contributed by atoms with E-state index in [1.54, 1.807) is 12.5 Å². The molecule has 4 nitrogen and oxygen atoms in total. The number of unbranched alkanes of at least 4 members (excludes halogenated alkanes) is 2. The summed E-state index contributed by atoms with van der Waals surface area (Å²) in [7, 11) is 0. The lowest BCUT2D eigenvalue weighted by atomic mass is 9.99. The first kappa shape index (κ1) is 23.8. The fourth-order valence-corrected chi connectivity index (χ4v) is 4.00. The van der Waals surface area contributed by atoms with Crippen molar-refractivity contribution < 1.29 is 4.79 Å². The average molecular weight is 432 g/mol. The molecule has 32 heavy (non-hydrogen) atoms. The van der Waals surface area contributed by atoms with Gasteiger partial charge in [-0.3, -0.25) is 9.36 Å². The lowest BCUT2D eigenvalue weighted by molar-refractivity contribution is 0.0939. The number of nitrogens with one attached hydrogen (secondary N) is 1. The summed E-state index contributed by atoms with van der Waals surface area (Å²) < 4.78 is 1.86. The Balaban J connectivity index is 1.67. The minimum atomic E-state index is -0.0656. The van der Waals surface area contributed by atoms with Gasteiger partial charge in [-0.05, 0) is 54.0 Å². The molecule has 2 aromatic carbocycles. The summed E-state index contributed by atoms with van der Waals surface area (Å²) >= 11 is 0. The third-order valence-corrected chi connectivity index (χ3v) is 6.22. The highest BCUT2D eigenvalue weighted by Crippen LogP contribution is 2.23. The molecule has 1 aromatic heterocycles. The van der Waals surface area contributed by atoms with Gasteiger partial charge < -0.3 is 5.32 Å². The summed E-state index contributed by atoms with van der Waals surface area (Å²) in [6, 6.07) is 17.1. The normalized spacial score (nSPS) is 12.0. The Hall–Kier alpha value is -2.88. The molecule has 0 aliphatic carbocycles. The quantitative estimate of drug-likeness (QED) is 0.342. The number of hydrogen-bond donors (Lipinski definition) is 1. The molecule has 1 atom stereocenters. The number of rotatable bonds is 12. The van der Waals surface area contributed by atoms with E-state index in [2.05, 4.69) is 79.6 Å². The Labute approximate surface area is 193 Å². The molecule has 0 radical (unpaired) electrons. The molecule has 0 bridgehead atoms. The third-order valence-electron chi connectivity index (χ3n) is 6.22. The van der Waals surface area contributed by atoms with Crippen molar-refractivity contribution in [1.29, 1.82) is 0 Å². The Morgan fingerprint density at radius 3 is 2.22 bits per heavy atom. The zero-order valence-electron chi connectivity index (χ0n) is 19.8. The second-order valence-corrected chi connectivity index (χ2v) is 8.62. The van der Waals surface area contributed by atoms with Crippen molar-refractivity contribution in [3.05, 3.63) is 72.3 Å². The molecule has 3 aromatic rings. The van der Waals surface area contributed by atoms with Gasteiger partial charge in [0.25, 0.3) is 5.91 Å². The summed E-state index contributed by atoms with van der Waals surface area (Å²) in [5.74, 6) is 0.465. The van der Waals surface area contributed by atoms with E-state index < -0.39 is 0 Å². The van der Waals surface area contributed by atoms with Gasteiger partial charge in [-0.25, -0.2) is 4.98 Å². The van der Waals surface area contributed by atoms with Crippen LogP contribution in [-0.2, 0) is 6.42 Å². The molecule has 0 aliphatic heterocycles. The van der Waals surface area contributed by atoms with Crippen LogP contribution in [0.4, 0.5) is 0 Å². The van der Waals surface area contributed by atoms with Crippen LogP contribution in [0.1, 0.15) is 75.3 Å². The Kier molecular flexibility index (Phi) is 9.09. The first-order chi connectivity index (χ1) is 15.7. The highest BCUT2D eigenvalue weighted by atomic mass is 16.1. The molecular weight excluding hydrogens is 394 g/mol. The number of carbonyl (C=O) groups is 1. The van der Waals surface area contributed by atoms with E-state index in [0.29, 0.717) is 18.2 Å². The minimum absolute atomic E-state index is 0.0656. The largest absolute Gasteiger partial charge is 0.350 e. The summed E-state index contributed by atoms with van der Waals surface area (Å²) in [5, 5.41) is 3.11. The van der Waals surface area contributed by atoms with Crippen molar-refractivity contribution in [2.75, 3.05) is 6.54 Å². The van der Waals surface area contributed by atoms with Crippen molar-refractivity contribution in [2.24, 2.45) is 5.92 Å². The molecule has 1 amide bonds. The molecular formula is C28H37N3O. The maximum Gasteiger partial charge on any atom is 0.269 e. The van der Waals surface area contributed by atoms with Gasteiger partial charge in [0.05, 0.1) is 12.5 Å². The van der Waals surface area contributed by atoms with Crippen molar-refractivity contribution >= 4 is 5.91 Å². The van der Waals surface area contributed by atoms with Crippen molar-refractivity contribution in [2.45, 2.75) is 65.7 Å². The van der Waals surface area contributed by atoms with E-state index in [1.165, 1.54) is 42.4 Å². The first-order valence-electron chi connectivity index (χ1n) is 12.2. The second kappa shape index (κ2) is 12.2. The molecule has 0 saturated heterocycles. The average Bonchev–Trinajstić information content (AvgIpc) is 3.33. The second-order valence-electron chi connectivity index (χ2n) is 8.62.